The number of rotatable bonds is 15. The zero-order valence-electron chi connectivity index (χ0n) is 25.1. The maximum Gasteiger partial charge on any atom is 0.543 e. The molecule has 3 aromatic carbocycles. The van der Waals surface area contributed by atoms with Crippen LogP contribution in [0.25, 0.3) is 0 Å². The molecule has 224 valence electrons. The summed E-state index contributed by atoms with van der Waals surface area (Å²) in [5.41, 5.74) is 7.65. The van der Waals surface area contributed by atoms with Crippen molar-refractivity contribution in [3.8, 4) is 0 Å². The van der Waals surface area contributed by atoms with Crippen LogP contribution in [0.2, 0.25) is 0 Å². The summed E-state index contributed by atoms with van der Waals surface area (Å²) < 4.78 is 31.5. The highest BCUT2D eigenvalue weighted by molar-refractivity contribution is 7.48. The molecule has 0 aromatic heterocycles. The molecule has 11 heteroatoms. The zero-order chi connectivity index (χ0) is 30.2. The number of aryl methyl sites for hydroxylation is 6. The summed E-state index contributed by atoms with van der Waals surface area (Å²) in [5.74, 6) is 19.0. The smallest absolute Gasteiger partial charge is 0.222 e. The molecule has 0 heterocycles. The van der Waals surface area contributed by atoms with E-state index in [1.54, 1.807) is 18.2 Å². The molecule has 0 spiro atoms. The van der Waals surface area contributed by atoms with Gasteiger partial charge in [-0.1, -0.05) is 77.9 Å². The molecular weight excluding hydrogens is 539 g/mol. The Bertz CT molecular complexity index is 1190. The average Bonchev–Trinajstić information content (AvgIpc) is 2.99. The van der Waals surface area contributed by atoms with Gasteiger partial charge in [-0.2, -0.15) is 15.5 Å². The summed E-state index contributed by atoms with van der Waals surface area (Å²) in [6.45, 7) is 12.2. The lowest BCUT2D eigenvalue weighted by Gasteiger charge is -2.31. The lowest BCUT2D eigenvalue weighted by molar-refractivity contribution is 0.0857. The standard InChI is InChI=1S/C30H45N6O4P/c1-7-22-13-16-28(25(10-4)19-22)34(31)38-41(37,39-35(32)29-17-14-23(8-2)20-26(29)11-5)40-36(33)30-18-15-24(9-3)21-27(30)12-6/h13-21H,7-12,31-33H2,1-6H3. The molecule has 0 saturated heterocycles. The van der Waals surface area contributed by atoms with Crippen molar-refractivity contribution in [2.75, 3.05) is 15.5 Å². The molecule has 3 aromatic rings. The molecule has 6 N–H and O–H groups in total. The van der Waals surface area contributed by atoms with Crippen molar-refractivity contribution >= 4 is 24.9 Å². The Morgan fingerprint density at radius 3 is 1.00 bits per heavy atom. The van der Waals surface area contributed by atoms with Crippen molar-refractivity contribution < 1.29 is 18.4 Å². The highest BCUT2D eigenvalue weighted by Gasteiger charge is 2.38. The van der Waals surface area contributed by atoms with Crippen LogP contribution in [-0.4, -0.2) is 0 Å². The van der Waals surface area contributed by atoms with Crippen molar-refractivity contribution in [3.05, 3.63) is 88.0 Å². The van der Waals surface area contributed by atoms with E-state index in [4.69, 9.17) is 31.4 Å². The van der Waals surface area contributed by atoms with Crippen LogP contribution >= 0.6 is 7.82 Å². The highest BCUT2D eigenvalue weighted by atomic mass is 31.2. The molecule has 0 amide bonds. The lowest BCUT2D eigenvalue weighted by Crippen LogP contribution is -2.39. The van der Waals surface area contributed by atoms with Gasteiger partial charge in [0.1, 0.15) is 0 Å². The summed E-state index contributed by atoms with van der Waals surface area (Å²) >= 11 is 0. The second-order valence-corrected chi connectivity index (χ2v) is 11.1. The number of benzene rings is 3. The topological polar surface area (TPSA) is 133 Å². The minimum atomic E-state index is -4.63. The fourth-order valence-electron chi connectivity index (χ4n) is 4.57. The van der Waals surface area contributed by atoms with E-state index in [0.717, 1.165) is 68.2 Å². The number of hydrazine groups is 3. The summed E-state index contributed by atoms with van der Waals surface area (Å²) in [7, 11) is -4.63. The van der Waals surface area contributed by atoms with Gasteiger partial charge in [0.25, 0.3) is 0 Å². The van der Waals surface area contributed by atoms with Crippen LogP contribution in [0.3, 0.4) is 0 Å². The third kappa shape index (κ3) is 8.08. The van der Waals surface area contributed by atoms with E-state index in [2.05, 4.69) is 20.8 Å². The number of nitrogens with two attached hydrogens (primary N) is 3. The fraction of sp³-hybridized carbons (Fsp3) is 0.400. The predicted molar refractivity (Wildman–Crippen MR) is 166 cm³/mol. The Morgan fingerprint density at radius 1 is 0.512 bits per heavy atom. The van der Waals surface area contributed by atoms with Crippen LogP contribution in [-0.2, 0) is 57.0 Å². The van der Waals surface area contributed by atoms with Gasteiger partial charge in [-0.25, -0.2) is 22.1 Å². The van der Waals surface area contributed by atoms with Gasteiger partial charge in [-0.3, -0.25) is 0 Å². The maximum atomic E-state index is 14.3. The number of hydrogen-bond acceptors (Lipinski definition) is 10. The van der Waals surface area contributed by atoms with E-state index < -0.39 is 7.82 Å². The van der Waals surface area contributed by atoms with E-state index in [0.29, 0.717) is 36.3 Å². The number of anilines is 3. The molecule has 0 unspecified atom stereocenters. The van der Waals surface area contributed by atoms with Gasteiger partial charge in [0.15, 0.2) is 0 Å². The highest BCUT2D eigenvalue weighted by Crippen LogP contribution is 2.53. The number of hydrogen-bond donors (Lipinski definition) is 3. The first-order valence-corrected chi connectivity index (χ1v) is 15.8. The molecule has 0 aliphatic rings. The van der Waals surface area contributed by atoms with Gasteiger partial charge in [0.2, 0.25) is 0 Å². The van der Waals surface area contributed by atoms with Crippen molar-refractivity contribution in [2.24, 2.45) is 17.5 Å². The van der Waals surface area contributed by atoms with Crippen molar-refractivity contribution in [2.45, 2.75) is 80.1 Å². The van der Waals surface area contributed by atoms with Gasteiger partial charge in [-0.15, -0.1) is 13.9 Å². The molecule has 0 aliphatic carbocycles. The second kappa shape index (κ2) is 14.8. The molecule has 0 atom stereocenters. The molecule has 0 bridgehead atoms. The first kappa shape index (κ1) is 32.6. The Kier molecular flexibility index (Phi) is 11.7. The molecule has 0 aliphatic heterocycles. The quantitative estimate of drug-likeness (QED) is 0.105. The fourth-order valence-corrected chi connectivity index (χ4v) is 5.57. The minimum Gasteiger partial charge on any atom is -0.222 e. The lowest BCUT2D eigenvalue weighted by atomic mass is 10.1. The molecule has 10 nitrogen and oxygen atoms in total. The van der Waals surface area contributed by atoms with Crippen molar-refractivity contribution in [1.29, 1.82) is 0 Å². The van der Waals surface area contributed by atoms with Crippen LogP contribution in [0.5, 0.6) is 0 Å². The summed E-state index contributed by atoms with van der Waals surface area (Å²) in [4.78, 5) is 0. The summed E-state index contributed by atoms with van der Waals surface area (Å²) in [5, 5.41) is 2.67. The molecule has 0 radical (unpaired) electrons. The van der Waals surface area contributed by atoms with Gasteiger partial charge >= 0.3 is 7.82 Å². The Morgan fingerprint density at radius 2 is 0.780 bits per heavy atom. The third-order valence-corrected chi connectivity index (χ3v) is 8.20. The number of phosphoric acid groups is 1. The largest absolute Gasteiger partial charge is 0.543 e. The van der Waals surface area contributed by atoms with Crippen LogP contribution in [0.4, 0.5) is 17.1 Å². The second-order valence-electron chi connectivity index (χ2n) is 9.68. The van der Waals surface area contributed by atoms with Gasteiger partial charge < -0.3 is 0 Å². The van der Waals surface area contributed by atoms with Crippen LogP contribution in [0.1, 0.15) is 74.9 Å². The molecule has 0 saturated carbocycles. The first-order valence-electron chi connectivity index (χ1n) is 14.3. The van der Waals surface area contributed by atoms with E-state index in [1.165, 1.54) is 0 Å². The van der Waals surface area contributed by atoms with Crippen molar-refractivity contribution in [3.63, 3.8) is 0 Å². The third-order valence-electron chi connectivity index (χ3n) is 7.08. The van der Waals surface area contributed by atoms with E-state index in [-0.39, 0.29) is 0 Å². The summed E-state index contributed by atoms with van der Waals surface area (Å²) in [6.07, 6.45) is 4.60. The van der Waals surface area contributed by atoms with E-state index in [9.17, 15) is 4.57 Å². The van der Waals surface area contributed by atoms with Gasteiger partial charge in [-0.05, 0) is 90.1 Å². The van der Waals surface area contributed by atoms with E-state index >= 15 is 0 Å². The Balaban J connectivity index is 1.99. The molecule has 41 heavy (non-hydrogen) atoms. The Hall–Kier alpha value is -2.95. The molecule has 0 fully saturated rings. The molecule has 3 rings (SSSR count). The van der Waals surface area contributed by atoms with E-state index in [1.807, 2.05) is 57.2 Å². The van der Waals surface area contributed by atoms with Crippen LogP contribution in [0.15, 0.2) is 54.6 Å². The zero-order valence-corrected chi connectivity index (χ0v) is 26.0. The Labute approximate surface area is 244 Å². The number of nitrogens with zero attached hydrogens (tertiary/aromatic N) is 3. The first-order chi connectivity index (χ1) is 19.6. The van der Waals surface area contributed by atoms with Gasteiger partial charge in [0, 0.05) is 0 Å². The minimum absolute atomic E-state index is 0.507. The van der Waals surface area contributed by atoms with Crippen LogP contribution in [0, 0.1) is 0 Å². The van der Waals surface area contributed by atoms with Crippen LogP contribution < -0.4 is 33.0 Å². The SMILES string of the molecule is CCc1ccc(N(N)OP(=O)(ON(N)c2ccc(CC)cc2CC)ON(N)c2ccc(CC)cc2CC)c(CC)c1. The maximum absolute atomic E-state index is 14.3. The van der Waals surface area contributed by atoms with Gasteiger partial charge in [0.05, 0.1) is 17.1 Å². The molecular formula is C30H45N6O4P. The normalized spacial score (nSPS) is 11.5. The average molecular weight is 585 g/mol. The summed E-state index contributed by atoms with van der Waals surface area (Å²) in [6, 6.07) is 17.3. The monoisotopic (exact) mass is 584 g/mol. The predicted octanol–water partition coefficient (Wildman–Crippen LogP) is 6.40. The van der Waals surface area contributed by atoms with Crippen molar-refractivity contribution in [1.82, 2.24) is 0 Å².